The van der Waals surface area contributed by atoms with E-state index in [9.17, 15) is 18.0 Å². The monoisotopic (exact) mass is 375 g/mol. The van der Waals surface area contributed by atoms with Crippen LogP contribution in [0.2, 0.25) is 0 Å². The van der Waals surface area contributed by atoms with E-state index in [1.807, 2.05) is 0 Å². The van der Waals surface area contributed by atoms with E-state index in [0.29, 0.717) is 11.3 Å². The Balaban J connectivity index is 1.82. The van der Waals surface area contributed by atoms with Crippen LogP contribution in [0.4, 0.5) is 11.5 Å². The van der Waals surface area contributed by atoms with Crippen molar-refractivity contribution >= 4 is 33.3 Å². The van der Waals surface area contributed by atoms with Crippen molar-refractivity contribution in [2.45, 2.75) is 6.54 Å². The highest BCUT2D eigenvalue weighted by Crippen LogP contribution is 2.18. The number of hydrogen-bond donors (Lipinski definition) is 2. The number of nitrogens with one attached hydrogen (secondary N) is 2. The standard InChI is InChI=1S/C17H18N4O4S/c1-20(2)17(23)12-5-7-13(8-6-12)18-16(22)14-4-3-9-21-10-11-26(24,25)19-15(14)21/h3-9H,10-11H2,1-2H3,(H,18,22,23)/p+1. The van der Waals surface area contributed by atoms with E-state index in [1.165, 1.54) is 4.90 Å². The lowest BCUT2D eigenvalue weighted by Crippen LogP contribution is -2.48. The number of amides is 2. The van der Waals surface area contributed by atoms with Crippen LogP contribution < -0.4 is 14.6 Å². The second-order valence-corrected chi connectivity index (χ2v) is 7.96. The molecule has 0 unspecified atom stereocenters. The lowest BCUT2D eigenvalue weighted by atomic mass is 10.1. The van der Waals surface area contributed by atoms with Crippen molar-refractivity contribution in [3.63, 3.8) is 0 Å². The fraction of sp³-hybridized carbons (Fsp3) is 0.235. The van der Waals surface area contributed by atoms with Gasteiger partial charge in [-0.1, -0.05) is 0 Å². The average molecular weight is 375 g/mol. The minimum absolute atomic E-state index is 0.0307. The zero-order chi connectivity index (χ0) is 18.9. The summed E-state index contributed by atoms with van der Waals surface area (Å²) >= 11 is 0. The van der Waals surface area contributed by atoms with Crippen LogP contribution in [0, 0.1) is 0 Å². The smallest absolute Gasteiger partial charge is 0.302 e. The fourth-order valence-electron chi connectivity index (χ4n) is 2.60. The van der Waals surface area contributed by atoms with Gasteiger partial charge in [0, 0.05) is 25.3 Å². The number of nitrogens with zero attached hydrogens (tertiary/aromatic N) is 2. The molecule has 2 amide bonds. The summed E-state index contributed by atoms with van der Waals surface area (Å²) in [6, 6.07) is 9.74. The molecule has 136 valence electrons. The van der Waals surface area contributed by atoms with Gasteiger partial charge >= 0.3 is 15.8 Å². The number of rotatable bonds is 3. The van der Waals surface area contributed by atoms with Crippen LogP contribution in [-0.2, 0) is 16.6 Å². The van der Waals surface area contributed by atoms with E-state index in [2.05, 4.69) is 10.0 Å². The summed E-state index contributed by atoms with van der Waals surface area (Å²) in [4.78, 5) is 25.9. The first kappa shape index (κ1) is 17.9. The number of fused-ring (bicyclic) bond motifs is 1. The fourth-order valence-corrected chi connectivity index (χ4v) is 3.67. The molecule has 0 saturated carbocycles. The van der Waals surface area contributed by atoms with Crippen LogP contribution in [0.1, 0.15) is 20.7 Å². The van der Waals surface area contributed by atoms with E-state index >= 15 is 0 Å². The maximum absolute atomic E-state index is 12.6. The van der Waals surface area contributed by atoms with Crippen molar-refractivity contribution in [3.05, 3.63) is 53.7 Å². The van der Waals surface area contributed by atoms with Crippen LogP contribution in [0.25, 0.3) is 0 Å². The highest BCUT2D eigenvalue weighted by molar-refractivity contribution is 7.92. The molecule has 0 spiro atoms. The van der Waals surface area contributed by atoms with E-state index in [1.54, 1.807) is 61.3 Å². The molecule has 1 aromatic carbocycles. The Kier molecular flexibility index (Phi) is 4.64. The normalized spacial score (nSPS) is 14.7. The average Bonchev–Trinajstić information content (AvgIpc) is 2.60. The Morgan fingerprint density at radius 3 is 2.50 bits per heavy atom. The molecule has 1 aromatic heterocycles. The molecule has 9 heteroatoms. The summed E-state index contributed by atoms with van der Waals surface area (Å²) < 4.78 is 27.7. The van der Waals surface area contributed by atoms with Crippen LogP contribution in [0.5, 0.6) is 0 Å². The number of carbonyl (C=O) groups is 2. The van der Waals surface area contributed by atoms with Crippen LogP contribution in [0.3, 0.4) is 0 Å². The van der Waals surface area contributed by atoms with Crippen molar-refractivity contribution < 1.29 is 22.6 Å². The molecule has 2 N–H and O–H groups in total. The van der Waals surface area contributed by atoms with Gasteiger partial charge in [-0.05, 0) is 36.4 Å². The summed E-state index contributed by atoms with van der Waals surface area (Å²) in [5.74, 6) is -0.357. The van der Waals surface area contributed by atoms with E-state index in [0.717, 1.165) is 0 Å². The number of hydrogen-bond acceptors (Lipinski definition) is 4. The molecule has 1 aliphatic heterocycles. The van der Waals surface area contributed by atoms with E-state index < -0.39 is 15.9 Å². The molecule has 0 bridgehead atoms. The first-order valence-electron chi connectivity index (χ1n) is 7.93. The molecular weight excluding hydrogens is 356 g/mol. The predicted molar refractivity (Wildman–Crippen MR) is 96.5 cm³/mol. The Hall–Kier alpha value is -2.94. The summed E-state index contributed by atoms with van der Waals surface area (Å²) in [5, 5.41) is 2.72. The van der Waals surface area contributed by atoms with E-state index in [4.69, 9.17) is 0 Å². The Bertz CT molecular complexity index is 969. The largest absolute Gasteiger partial charge is 0.345 e. The topological polar surface area (TPSA) is 99.5 Å². The second-order valence-electron chi connectivity index (χ2n) is 6.12. The molecule has 0 atom stereocenters. The first-order valence-corrected chi connectivity index (χ1v) is 9.58. The summed E-state index contributed by atoms with van der Waals surface area (Å²) in [6.07, 6.45) is 1.72. The quantitative estimate of drug-likeness (QED) is 0.771. The van der Waals surface area contributed by atoms with Gasteiger partial charge in [0.1, 0.15) is 17.9 Å². The minimum Gasteiger partial charge on any atom is -0.345 e. The van der Waals surface area contributed by atoms with Crippen LogP contribution in [0.15, 0.2) is 42.6 Å². The molecule has 2 aromatic rings. The number of pyridine rings is 1. The van der Waals surface area contributed by atoms with Gasteiger partial charge in [0.05, 0.1) is 6.20 Å². The minimum atomic E-state index is -3.44. The molecular formula is C17H19N4O4S+. The molecule has 0 radical (unpaired) electrons. The van der Waals surface area contributed by atoms with Gasteiger partial charge < -0.3 is 10.2 Å². The summed E-state index contributed by atoms with van der Waals surface area (Å²) in [5.41, 5.74) is 1.24. The van der Waals surface area contributed by atoms with Crippen molar-refractivity contribution in [3.8, 4) is 0 Å². The number of anilines is 2. The molecule has 0 saturated heterocycles. The molecule has 1 aliphatic rings. The van der Waals surface area contributed by atoms with Crippen molar-refractivity contribution in [1.82, 2.24) is 4.90 Å². The lowest BCUT2D eigenvalue weighted by molar-refractivity contribution is -0.679. The number of sulfonamides is 1. The van der Waals surface area contributed by atoms with Gasteiger partial charge in [-0.25, -0.2) is 4.57 Å². The van der Waals surface area contributed by atoms with Crippen LogP contribution in [-0.4, -0.2) is 45.0 Å². The second kappa shape index (κ2) is 6.75. The number of aromatic nitrogens is 1. The van der Waals surface area contributed by atoms with Gasteiger partial charge in [0.15, 0.2) is 0 Å². The third-order valence-electron chi connectivity index (χ3n) is 3.96. The molecule has 26 heavy (non-hydrogen) atoms. The van der Waals surface area contributed by atoms with Gasteiger partial charge in [0.25, 0.3) is 11.8 Å². The summed E-state index contributed by atoms with van der Waals surface area (Å²) in [6.45, 7) is 0.285. The highest BCUT2D eigenvalue weighted by Gasteiger charge is 2.31. The van der Waals surface area contributed by atoms with Gasteiger partial charge in [-0.2, -0.15) is 13.1 Å². The zero-order valence-corrected chi connectivity index (χ0v) is 15.2. The SMILES string of the molecule is CN(C)C(=O)c1ccc(NC(=O)c2ccc[n+]3c2NS(=O)(=O)CC3)cc1. The molecule has 8 nitrogen and oxygen atoms in total. The number of benzene rings is 1. The zero-order valence-electron chi connectivity index (χ0n) is 14.4. The molecule has 3 rings (SSSR count). The Morgan fingerprint density at radius 2 is 1.85 bits per heavy atom. The third kappa shape index (κ3) is 3.67. The number of carbonyl (C=O) groups excluding carboxylic acids is 2. The first-order chi connectivity index (χ1) is 12.3. The maximum Gasteiger partial charge on any atom is 0.302 e. The maximum atomic E-state index is 12.6. The number of aryl methyl sites for hydroxylation is 1. The third-order valence-corrected chi connectivity index (χ3v) is 5.19. The van der Waals surface area contributed by atoms with Gasteiger partial charge in [0.2, 0.25) is 0 Å². The van der Waals surface area contributed by atoms with Gasteiger partial charge in [-0.3, -0.25) is 9.59 Å². The molecule has 0 aliphatic carbocycles. The lowest BCUT2D eigenvalue weighted by Gasteiger charge is -2.15. The Morgan fingerprint density at radius 1 is 1.15 bits per heavy atom. The van der Waals surface area contributed by atoms with Crippen molar-refractivity contribution in [1.29, 1.82) is 0 Å². The Labute approximate surface area is 151 Å². The molecule has 0 fully saturated rings. The summed E-state index contributed by atoms with van der Waals surface area (Å²) in [7, 11) is -0.117. The van der Waals surface area contributed by atoms with Crippen molar-refractivity contribution in [2.24, 2.45) is 0 Å². The predicted octanol–water partition coefficient (Wildman–Crippen LogP) is 0.683. The van der Waals surface area contributed by atoms with Gasteiger partial charge in [-0.15, -0.1) is 0 Å². The van der Waals surface area contributed by atoms with Crippen LogP contribution >= 0.6 is 0 Å². The van der Waals surface area contributed by atoms with E-state index in [-0.39, 0.29) is 29.6 Å². The highest BCUT2D eigenvalue weighted by atomic mass is 32.2. The molecule has 2 heterocycles. The van der Waals surface area contributed by atoms with Crippen molar-refractivity contribution in [2.75, 3.05) is 29.9 Å².